The zero-order valence-corrected chi connectivity index (χ0v) is 12.8. The number of hydrogen-bond donors (Lipinski definition) is 1. The van der Waals surface area contributed by atoms with Crippen LogP contribution in [0.1, 0.15) is 51.3 Å². The van der Waals surface area contributed by atoms with E-state index < -0.39 is 0 Å². The van der Waals surface area contributed by atoms with Crippen molar-refractivity contribution in [1.82, 2.24) is 15.2 Å². The third-order valence-electron chi connectivity index (χ3n) is 3.30. The van der Waals surface area contributed by atoms with E-state index in [2.05, 4.69) is 48.1 Å². The normalized spacial score (nSPS) is 11.2. The summed E-state index contributed by atoms with van der Waals surface area (Å²) in [4.78, 5) is 7.03. The first-order chi connectivity index (χ1) is 9.30. The third kappa shape index (κ3) is 6.69. The van der Waals surface area contributed by atoms with Crippen LogP contribution in [-0.2, 0) is 13.1 Å². The second-order valence-electron chi connectivity index (χ2n) is 5.06. The van der Waals surface area contributed by atoms with E-state index in [9.17, 15) is 0 Å². The molecule has 0 aliphatic rings. The highest BCUT2D eigenvalue weighted by molar-refractivity contribution is 5.13. The minimum Gasteiger partial charge on any atom is -0.313 e. The lowest BCUT2D eigenvalue weighted by atomic mass is 10.2. The molecule has 1 aromatic rings. The Morgan fingerprint density at radius 3 is 2.58 bits per heavy atom. The first-order valence-electron chi connectivity index (χ1n) is 7.67. The molecule has 3 nitrogen and oxygen atoms in total. The molecule has 3 heteroatoms. The van der Waals surface area contributed by atoms with Gasteiger partial charge in [0.25, 0.3) is 0 Å². The highest BCUT2D eigenvalue weighted by atomic mass is 15.1. The maximum Gasteiger partial charge on any atom is 0.0544 e. The van der Waals surface area contributed by atoms with E-state index in [1.807, 2.05) is 6.20 Å². The quantitative estimate of drug-likeness (QED) is 0.657. The van der Waals surface area contributed by atoms with Crippen LogP contribution >= 0.6 is 0 Å². The van der Waals surface area contributed by atoms with Crippen LogP contribution in [-0.4, -0.2) is 29.5 Å². The predicted molar refractivity (Wildman–Crippen MR) is 82.1 cm³/mol. The summed E-state index contributed by atoms with van der Waals surface area (Å²) < 4.78 is 0. The number of hydrogen-bond acceptors (Lipinski definition) is 3. The Morgan fingerprint density at radius 2 is 2.00 bits per heavy atom. The molecule has 108 valence electrons. The number of rotatable bonds is 10. The van der Waals surface area contributed by atoms with Crippen LogP contribution in [0, 0.1) is 0 Å². The van der Waals surface area contributed by atoms with E-state index >= 15 is 0 Å². The standard InChI is InChI=1S/C16H29N3/c1-4-7-11-19(6-3)14-16-9-8-15(13-18-16)12-17-10-5-2/h8-9,13,17H,4-7,10-12,14H2,1-3H3. The number of unbranched alkanes of at least 4 members (excludes halogenated alkanes) is 1. The molecular formula is C16H29N3. The summed E-state index contributed by atoms with van der Waals surface area (Å²) in [6, 6.07) is 4.36. The van der Waals surface area contributed by atoms with Crippen molar-refractivity contribution in [1.29, 1.82) is 0 Å². The van der Waals surface area contributed by atoms with Gasteiger partial charge in [0, 0.05) is 19.3 Å². The third-order valence-corrected chi connectivity index (χ3v) is 3.30. The van der Waals surface area contributed by atoms with Gasteiger partial charge in [0.1, 0.15) is 0 Å². The van der Waals surface area contributed by atoms with Crippen LogP contribution < -0.4 is 5.32 Å². The second-order valence-corrected chi connectivity index (χ2v) is 5.06. The minimum absolute atomic E-state index is 0.925. The van der Waals surface area contributed by atoms with Crippen LogP contribution in [0.15, 0.2) is 18.3 Å². The lowest BCUT2D eigenvalue weighted by Crippen LogP contribution is -2.24. The fraction of sp³-hybridized carbons (Fsp3) is 0.688. The van der Waals surface area contributed by atoms with Gasteiger partial charge in [0.15, 0.2) is 0 Å². The smallest absolute Gasteiger partial charge is 0.0544 e. The van der Waals surface area contributed by atoms with Crippen LogP contribution in [0.4, 0.5) is 0 Å². The average molecular weight is 263 g/mol. The zero-order valence-electron chi connectivity index (χ0n) is 12.8. The van der Waals surface area contributed by atoms with E-state index in [4.69, 9.17) is 0 Å². The van der Waals surface area contributed by atoms with Crippen LogP contribution in [0.2, 0.25) is 0 Å². The van der Waals surface area contributed by atoms with Crippen LogP contribution in [0.25, 0.3) is 0 Å². The van der Waals surface area contributed by atoms with Gasteiger partial charge in [-0.2, -0.15) is 0 Å². The maximum absolute atomic E-state index is 4.57. The van der Waals surface area contributed by atoms with Crippen molar-refractivity contribution in [3.63, 3.8) is 0 Å². The van der Waals surface area contributed by atoms with E-state index in [1.165, 1.54) is 37.1 Å². The lowest BCUT2D eigenvalue weighted by molar-refractivity contribution is 0.272. The van der Waals surface area contributed by atoms with E-state index in [-0.39, 0.29) is 0 Å². The fourth-order valence-corrected chi connectivity index (χ4v) is 2.02. The molecule has 0 radical (unpaired) electrons. The molecule has 0 aliphatic carbocycles. The topological polar surface area (TPSA) is 28.2 Å². The van der Waals surface area contributed by atoms with Crippen molar-refractivity contribution in [2.75, 3.05) is 19.6 Å². The first-order valence-corrected chi connectivity index (χ1v) is 7.67. The molecule has 1 rings (SSSR count). The molecule has 0 saturated heterocycles. The van der Waals surface area contributed by atoms with Crippen LogP contribution in [0.3, 0.4) is 0 Å². The zero-order chi connectivity index (χ0) is 13.9. The van der Waals surface area contributed by atoms with Crippen LogP contribution in [0.5, 0.6) is 0 Å². The summed E-state index contributed by atoms with van der Waals surface area (Å²) in [7, 11) is 0. The predicted octanol–water partition coefficient (Wildman–Crippen LogP) is 3.20. The van der Waals surface area contributed by atoms with Crippen molar-refractivity contribution in [3.05, 3.63) is 29.6 Å². The molecule has 0 aliphatic heterocycles. The van der Waals surface area contributed by atoms with Gasteiger partial charge >= 0.3 is 0 Å². The molecular weight excluding hydrogens is 234 g/mol. The Hall–Kier alpha value is -0.930. The monoisotopic (exact) mass is 263 g/mol. The van der Waals surface area contributed by atoms with Gasteiger partial charge < -0.3 is 5.32 Å². The van der Waals surface area contributed by atoms with Gasteiger partial charge in [0.2, 0.25) is 0 Å². The molecule has 0 saturated carbocycles. The Labute approximate surface area is 118 Å². The molecule has 0 bridgehead atoms. The van der Waals surface area contributed by atoms with E-state index in [0.29, 0.717) is 0 Å². The van der Waals surface area contributed by atoms with Crippen molar-refractivity contribution in [3.8, 4) is 0 Å². The number of nitrogens with one attached hydrogen (secondary N) is 1. The molecule has 19 heavy (non-hydrogen) atoms. The summed E-state index contributed by atoms with van der Waals surface area (Å²) in [6.45, 7) is 11.9. The molecule has 0 atom stereocenters. The maximum atomic E-state index is 4.57. The first kappa shape index (κ1) is 16.1. The Bertz CT molecular complexity index is 321. The Balaban J connectivity index is 2.41. The summed E-state index contributed by atoms with van der Waals surface area (Å²) in [6.07, 6.45) is 5.71. The van der Waals surface area contributed by atoms with Crippen molar-refractivity contribution >= 4 is 0 Å². The van der Waals surface area contributed by atoms with Crippen molar-refractivity contribution in [2.45, 2.75) is 53.1 Å². The number of nitrogens with zero attached hydrogens (tertiary/aromatic N) is 2. The molecule has 1 aromatic heterocycles. The molecule has 0 amide bonds. The fourth-order valence-electron chi connectivity index (χ4n) is 2.02. The summed E-state index contributed by atoms with van der Waals surface area (Å²) in [5.41, 5.74) is 2.45. The minimum atomic E-state index is 0.925. The van der Waals surface area contributed by atoms with Gasteiger partial charge in [0.05, 0.1) is 5.69 Å². The molecule has 0 unspecified atom stereocenters. The van der Waals surface area contributed by atoms with E-state index in [0.717, 1.165) is 26.2 Å². The highest BCUT2D eigenvalue weighted by Gasteiger charge is 2.04. The summed E-state index contributed by atoms with van der Waals surface area (Å²) in [5, 5.41) is 3.40. The molecule has 0 spiro atoms. The lowest BCUT2D eigenvalue weighted by Gasteiger charge is -2.19. The molecule has 1 heterocycles. The molecule has 0 aromatic carbocycles. The van der Waals surface area contributed by atoms with Gasteiger partial charge in [-0.15, -0.1) is 0 Å². The van der Waals surface area contributed by atoms with Gasteiger partial charge in [-0.25, -0.2) is 0 Å². The SMILES string of the molecule is CCCCN(CC)Cc1ccc(CNCCC)cn1. The average Bonchev–Trinajstić information content (AvgIpc) is 2.45. The molecule has 0 fully saturated rings. The largest absolute Gasteiger partial charge is 0.313 e. The van der Waals surface area contributed by atoms with Crippen molar-refractivity contribution in [2.24, 2.45) is 0 Å². The van der Waals surface area contributed by atoms with Gasteiger partial charge in [-0.3, -0.25) is 9.88 Å². The van der Waals surface area contributed by atoms with Crippen molar-refractivity contribution < 1.29 is 0 Å². The highest BCUT2D eigenvalue weighted by Crippen LogP contribution is 2.05. The van der Waals surface area contributed by atoms with Gasteiger partial charge in [-0.05, 0) is 44.1 Å². The second kappa shape index (κ2) is 9.93. The molecule has 1 N–H and O–H groups in total. The number of aromatic nitrogens is 1. The van der Waals surface area contributed by atoms with Gasteiger partial charge in [-0.1, -0.05) is 33.3 Å². The summed E-state index contributed by atoms with van der Waals surface area (Å²) >= 11 is 0. The Kier molecular flexibility index (Phi) is 8.43. The van der Waals surface area contributed by atoms with E-state index in [1.54, 1.807) is 0 Å². The Morgan fingerprint density at radius 1 is 1.16 bits per heavy atom. The number of pyridine rings is 1. The summed E-state index contributed by atoms with van der Waals surface area (Å²) in [5.74, 6) is 0.